The van der Waals surface area contributed by atoms with Gasteiger partial charge in [0.05, 0.1) is 12.7 Å². The molecule has 3 unspecified atom stereocenters. The number of fused-ring (bicyclic) bond motifs is 7. The van der Waals surface area contributed by atoms with Crippen LogP contribution in [0.5, 0.6) is 0 Å². The van der Waals surface area contributed by atoms with Gasteiger partial charge >= 0.3 is 5.97 Å². The number of carbonyl (C=O) groups excluding carboxylic acids is 2. The first-order chi connectivity index (χ1) is 16.3. The maximum Gasteiger partial charge on any atom is 0.319 e. The standard InChI is InChI=1S/C26H32F2O6S/c1-22(2)33-20-11-14-15-10-17(27)16-9-13(29)5-7-23(16,3)25(15,28)19(30)12-24(14,4)26(20,34-22)35-18-6-8-32-21(18)31/h5,7,9,14-15,17-20,30H,6,8,10-12H2,1-4H3/t14?,15?,17-,18?,19-,20+,23-,24-,25-,26-/m0/s1. The summed E-state index contributed by atoms with van der Waals surface area (Å²) in [5, 5.41) is 11.1. The zero-order valence-electron chi connectivity index (χ0n) is 20.4. The van der Waals surface area contributed by atoms with Crippen molar-refractivity contribution >= 4 is 23.5 Å². The minimum Gasteiger partial charge on any atom is -0.465 e. The molecule has 5 fully saturated rings. The molecule has 0 aromatic heterocycles. The van der Waals surface area contributed by atoms with E-state index in [2.05, 4.69) is 0 Å². The first-order valence-corrected chi connectivity index (χ1v) is 13.3. The first kappa shape index (κ1) is 24.1. The maximum atomic E-state index is 17.4. The quantitative estimate of drug-likeness (QED) is 0.566. The van der Waals surface area contributed by atoms with E-state index in [1.54, 1.807) is 6.92 Å². The Morgan fingerprint density at radius 2 is 1.89 bits per heavy atom. The lowest BCUT2D eigenvalue weighted by Gasteiger charge is -2.63. The van der Waals surface area contributed by atoms with Crippen molar-refractivity contribution in [3.05, 3.63) is 23.8 Å². The number of allylic oxidation sites excluding steroid dienone is 4. The van der Waals surface area contributed by atoms with Gasteiger partial charge in [0.2, 0.25) is 0 Å². The highest BCUT2D eigenvalue weighted by molar-refractivity contribution is 8.01. The van der Waals surface area contributed by atoms with Gasteiger partial charge in [0.15, 0.2) is 17.2 Å². The summed E-state index contributed by atoms with van der Waals surface area (Å²) in [7, 11) is 0. The number of cyclic esters (lactones) is 1. The topological polar surface area (TPSA) is 82.1 Å². The molecule has 2 saturated heterocycles. The number of alkyl halides is 2. The lowest BCUT2D eigenvalue weighted by Crippen LogP contribution is -2.69. The molecule has 0 aromatic carbocycles. The number of esters is 1. The Labute approximate surface area is 207 Å². The summed E-state index contributed by atoms with van der Waals surface area (Å²) in [6.45, 7) is 7.54. The minimum atomic E-state index is -2.16. The monoisotopic (exact) mass is 510 g/mol. The van der Waals surface area contributed by atoms with Crippen LogP contribution in [0, 0.1) is 22.7 Å². The van der Waals surface area contributed by atoms with E-state index in [1.807, 2.05) is 20.8 Å². The number of hydrogen-bond acceptors (Lipinski definition) is 7. The van der Waals surface area contributed by atoms with Crippen molar-refractivity contribution in [3.63, 3.8) is 0 Å². The molecule has 0 amide bonds. The Morgan fingerprint density at radius 3 is 2.57 bits per heavy atom. The van der Waals surface area contributed by atoms with Crippen LogP contribution in [-0.4, -0.2) is 63.5 Å². The zero-order chi connectivity index (χ0) is 25.2. The second-order valence-corrected chi connectivity index (χ2v) is 13.3. The predicted molar refractivity (Wildman–Crippen MR) is 124 cm³/mol. The Bertz CT molecular complexity index is 1060. The fourth-order valence-corrected chi connectivity index (χ4v) is 10.1. The molecule has 10 atom stereocenters. The molecular formula is C26H32F2O6S. The van der Waals surface area contributed by atoms with Gasteiger partial charge in [0.25, 0.3) is 0 Å². The van der Waals surface area contributed by atoms with Crippen molar-refractivity contribution in [2.24, 2.45) is 22.7 Å². The highest BCUT2D eigenvalue weighted by atomic mass is 32.2. The molecule has 6 nitrogen and oxygen atoms in total. The third-order valence-electron chi connectivity index (χ3n) is 9.73. The number of ketones is 1. The van der Waals surface area contributed by atoms with E-state index >= 15 is 8.78 Å². The summed E-state index contributed by atoms with van der Waals surface area (Å²) in [4.78, 5) is 23.5. The van der Waals surface area contributed by atoms with E-state index in [0.29, 0.717) is 19.4 Å². The van der Waals surface area contributed by atoms with Crippen molar-refractivity contribution in [1.82, 2.24) is 0 Å². The molecule has 2 heterocycles. The number of aliphatic hydroxyl groups is 1. The summed E-state index contributed by atoms with van der Waals surface area (Å²) >= 11 is 1.37. The van der Waals surface area contributed by atoms with Crippen LogP contribution in [0.15, 0.2) is 23.8 Å². The Kier molecular flexibility index (Phi) is 4.93. The number of hydrogen-bond donors (Lipinski definition) is 1. The lowest BCUT2D eigenvalue weighted by molar-refractivity contribution is -0.235. The molecule has 0 spiro atoms. The number of aliphatic hydroxyl groups excluding tert-OH is 1. The van der Waals surface area contributed by atoms with Gasteiger partial charge in [0, 0.05) is 23.2 Å². The first-order valence-electron chi connectivity index (χ1n) is 12.5. The molecule has 3 saturated carbocycles. The number of halogens is 2. The van der Waals surface area contributed by atoms with Crippen LogP contribution >= 0.6 is 11.8 Å². The Morgan fingerprint density at radius 1 is 1.14 bits per heavy atom. The molecule has 1 N–H and O–H groups in total. The second kappa shape index (κ2) is 7.17. The van der Waals surface area contributed by atoms with Crippen molar-refractivity contribution in [1.29, 1.82) is 0 Å². The molecule has 0 bridgehead atoms. The van der Waals surface area contributed by atoms with Crippen LogP contribution in [0.2, 0.25) is 0 Å². The molecule has 0 aromatic rings. The second-order valence-electron chi connectivity index (χ2n) is 11.9. The predicted octanol–water partition coefficient (Wildman–Crippen LogP) is 3.81. The van der Waals surface area contributed by atoms with Crippen LogP contribution in [0.25, 0.3) is 0 Å². The SMILES string of the molecule is CC1(C)O[C@@H]2CC3C4C[C@H](F)C5=CC(=O)C=C[C@]5(C)[C@@]4(F)[C@@H](O)C[C@]3(C)[C@]2(SC2CCOC2=O)O1. The largest absolute Gasteiger partial charge is 0.465 e. The molecule has 2 aliphatic heterocycles. The van der Waals surface area contributed by atoms with Crippen molar-refractivity contribution in [2.45, 2.75) is 93.4 Å². The summed E-state index contributed by atoms with van der Waals surface area (Å²) in [5.41, 5.74) is -4.27. The maximum absolute atomic E-state index is 17.4. The van der Waals surface area contributed by atoms with Crippen LogP contribution < -0.4 is 0 Å². The van der Waals surface area contributed by atoms with Gasteiger partial charge in [-0.25, -0.2) is 8.78 Å². The van der Waals surface area contributed by atoms with Crippen LogP contribution in [0.3, 0.4) is 0 Å². The Hall–Kier alpha value is -1.29. The zero-order valence-corrected chi connectivity index (χ0v) is 21.2. The molecule has 35 heavy (non-hydrogen) atoms. The van der Waals surface area contributed by atoms with Gasteiger partial charge in [-0.15, -0.1) is 11.8 Å². The van der Waals surface area contributed by atoms with Crippen LogP contribution in [-0.2, 0) is 23.8 Å². The van der Waals surface area contributed by atoms with Crippen molar-refractivity contribution in [2.75, 3.05) is 6.61 Å². The van der Waals surface area contributed by atoms with Gasteiger partial charge < -0.3 is 19.3 Å². The normalized spacial score (nSPS) is 54.0. The van der Waals surface area contributed by atoms with Crippen LogP contribution in [0.1, 0.15) is 53.4 Å². The molecule has 6 aliphatic rings. The summed E-state index contributed by atoms with van der Waals surface area (Å²) in [5.74, 6) is -2.77. The Balaban J connectivity index is 1.45. The highest BCUT2D eigenvalue weighted by Gasteiger charge is 2.79. The molecule has 4 aliphatic carbocycles. The van der Waals surface area contributed by atoms with Gasteiger partial charge in [-0.05, 0) is 63.7 Å². The summed E-state index contributed by atoms with van der Waals surface area (Å²) in [6.07, 6.45) is 1.46. The van der Waals surface area contributed by atoms with Gasteiger partial charge in [0.1, 0.15) is 22.5 Å². The smallest absolute Gasteiger partial charge is 0.319 e. The average Bonchev–Trinajstić information content (AvgIpc) is 3.35. The minimum absolute atomic E-state index is 0.0665. The van der Waals surface area contributed by atoms with Crippen molar-refractivity contribution in [3.8, 4) is 0 Å². The molecule has 9 heteroatoms. The molecule has 0 radical (unpaired) electrons. The molecular weight excluding hydrogens is 478 g/mol. The van der Waals surface area contributed by atoms with Gasteiger partial charge in [-0.1, -0.05) is 13.0 Å². The van der Waals surface area contributed by atoms with E-state index in [9.17, 15) is 14.7 Å². The highest BCUT2D eigenvalue weighted by Crippen LogP contribution is 2.74. The van der Waals surface area contributed by atoms with Crippen LogP contribution in [0.4, 0.5) is 8.78 Å². The summed E-state index contributed by atoms with van der Waals surface area (Å²) in [6, 6.07) is 0. The number of carbonyl (C=O) groups is 2. The third-order valence-corrected chi connectivity index (χ3v) is 11.6. The van der Waals surface area contributed by atoms with Crippen molar-refractivity contribution < 1.29 is 37.7 Å². The van der Waals surface area contributed by atoms with Gasteiger partial charge in [-0.3, -0.25) is 9.59 Å². The van der Waals surface area contributed by atoms with E-state index in [0.717, 1.165) is 0 Å². The molecule has 192 valence electrons. The third kappa shape index (κ3) is 2.87. The van der Waals surface area contributed by atoms with E-state index in [4.69, 9.17) is 14.2 Å². The lowest BCUT2D eigenvalue weighted by atomic mass is 9.45. The van der Waals surface area contributed by atoms with E-state index in [-0.39, 0.29) is 36.1 Å². The number of rotatable bonds is 2. The number of ether oxygens (including phenoxy) is 3. The average molecular weight is 511 g/mol. The fraction of sp³-hybridized carbons (Fsp3) is 0.769. The number of thioether (sulfide) groups is 1. The van der Waals surface area contributed by atoms with Gasteiger partial charge in [-0.2, -0.15) is 0 Å². The molecule has 6 rings (SSSR count). The van der Waals surface area contributed by atoms with E-state index < -0.39 is 56.8 Å². The summed E-state index contributed by atoms with van der Waals surface area (Å²) < 4.78 is 51.2. The fourth-order valence-electron chi connectivity index (χ4n) is 8.21. The van der Waals surface area contributed by atoms with E-state index in [1.165, 1.54) is 30.0 Å².